The molecule has 0 spiro atoms. The van der Waals surface area contributed by atoms with E-state index in [2.05, 4.69) is 0 Å². The molecule has 0 radical (unpaired) electrons. The quantitative estimate of drug-likeness (QED) is 0.416. The Kier molecular flexibility index (Phi) is 5.95. The first-order valence-electron chi connectivity index (χ1n) is 6.01. The van der Waals surface area contributed by atoms with Crippen LogP contribution in [0.15, 0.2) is 42.1 Å². The minimum Gasteiger partial charge on any atom is -0.456 e. The summed E-state index contributed by atoms with van der Waals surface area (Å²) < 4.78 is 15.8. The first-order chi connectivity index (χ1) is 9.28. The molecule has 4 N–H and O–H groups in total. The summed E-state index contributed by atoms with van der Waals surface area (Å²) in [6.45, 7) is 1.66. The number of benzene rings is 1. The van der Waals surface area contributed by atoms with Crippen molar-refractivity contribution in [3.8, 4) is 0 Å². The van der Waals surface area contributed by atoms with Gasteiger partial charge in [0.15, 0.2) is 0 Å². The second-order valence-electron chi connectivity index (χ2n) is 4.51. The second kappa shape index (κ2) is 7.24. The van der Waals surface area contributed by atoms with Crippen molar-refractivity contribution < 1.29 is 23.9 Å². The van der Waals surface area contributed by atoms with E-state index < -0.39 is 19.5 Å². The van der Waals surface area contributed by atoms with Gasteiger partial charge < -0.3 is 20.3 Å². The van der Waals surface area contributed by atoms with E-state index in [0.29, 0.717) is 0 Å². The summed E-state index contributed by atoms with van der Waals surface area (Å²) in [6.07, 6.45) is 0.937. The van der Waals surface area contributed by atoms with Gasteiger partial charge in [-0.1, -0.05) is 43.3 Å². The van der Waals surface area contributed by atoms with Crippen molar-refractivity contribution in [3.05, 3.63) is 47.7 Å². The Hall–Kier alpha value is -1.62. The van der Waals surface area contributed by atoms with Gasteiger partial charge in [0.2, 0.25) is 0 Å². The summed E-state index contributed by atoms with van der Waals surface area (Å²) in [7, 11) is -4.12. The molecule has 110 valence electrons. The number of hydrogen-bond acceptors (Lipinski definition) is 4. The van der Waals surface area contributed by atoms with Gasteiger partial charge in [-0.3, -0.25) is 4.57 Å². The van der Waals surface area contributed by atoms with E-state index in [9.17, 15) is 9.36 Å². The van der Waals surface area contributed by atoms with Crippen LogP contribution in [0, 0.1) is 5.92 Å². The molecule has 0 fully saturated rings. The predicted molar refractivity (Wildman–Crippen MR) is 74.6 cm³/mol. The Morgan fingerprint density at radius 3 is 2.55 bits per heavy atom. The van der Waals surface area contributed by atoms with Crippen LogP contribution in [0.1, 0.15) is 12.5 Å². The Morgan fingerprint density at radius 2 is 2.00 bits per heavy atom. The van der Waals surface area contributed by atoms with E-state index in [1.165, 1.54) is 6.08 Å². The van der Waals surface area contributed by atoms with Crippen LogP contribution in [0.3, 0.4) is 0 Å². The van der Waals surface area contributed by atoms with Crippen molar-refractivity contribution in [2.24, 2.45) is 11.7 Å². The largest absolute Gasteiger partial charge is 0.456 e. The zero-order valence-corrected chi connectivity index (χ0v) is 12.0. The molecule has 0 aliphatic rings. The lowest BCUT2D eigenvalue weighted by Gasteiger charge is -2.10. The van der Waals surface area contributed by atoms with Gasteiger partial charge in [0.1, 0.15) is 12.3 Å². The maximum atomic E-state index is 11.6. The third-order valence-corrected chi connectivity index (χ3v) is 3.49. The van der Waals surface area contributed by atoms with E-state index in [0.717, 1.165) is 5.56 Å². The number of ether oxygens (including phenoxy) is 1. The van der Waals surface area contributed by atoms with E-state index in [-0.39, 0.29) is 18.5 Å². The van der Waals surface area contributed by atoms with Gasteiger partial charge >= 0.3 is 13.6 Å². The number of hydrogen-bond donors (Lipinski definition) is 3. The topological polar surface area (TPSA) is 110 Å². The van der Waals surface area contributed by atoms with Crippen molar-refractivity contribution in [1.29, 1.82) is 0 Å². The Morgan fingerprint density at radius 1 is 1.40 bits per heavy atom. The van der Waals surface area contributed by atoms with Crippen molar-refractivity contribution >= 4 is 13.6 Å². The summed E-state index contributed by atoms with van der Waals surface area (Å²) >= 11 is 0. The molecule has 0 saturated heterocycles. The van der Waals surface area contributed by atoms with Gasteiger partial charge in [0.05, 0.1) is 6.16 Å². The molecule has 20 heavy (non-hydrogen) atoms. The maximum Gasteiger partial charge on any atom is 0.354 e. The zero-order chi connectivity index (χ0) is 15.2. The van der Waals surface area contributed by atoms with Crippen LogP contribution in [0.25, 0.3) is 0 Å². The highest BCUT2D eigenvalue weighted by Gasteiger charge is 2.18. The lowest BCUT2D eigenvalue weighted by molar-refractivity contribution is -0.140. The molecular formula is C13H18NO5P. The molecule has 0 aliphatic carbocycles. The van der Waals surface area contributed by atoms with E-state index in [1.807, 2.05) is 30.3 Å². The molecular weight excluding hydrogens is 281 g/mol. The van der Waals surface area contributed by atoms with Gasteiger partial charge in [-0.25, -0.2) is 4.79 Å². The summed E-state index contributed by atoms with van der Waals surface area (Å²) in [5.74, 6) is -1.22. The molecule has 1 aromatic rings. The maximum absolute atomic E-state index is 11.6. The lowest BCUT2D eigenvalue weighted by Crippen LogP contribution is -2.16. The fourth-order valence-corrected chi connectivity index (χ4v) is 2.46. The number of esters is 1. The standard InChI is InChI=1S/C13H18NO5P/c1-10(9-20(16,17)18)7-12(14)13(15)19-8-11-5-3-2-4-6-11/h2-7,10H,8-9,14H2,1H3,(H2,16,17,18). The average Bonchev–Trinajstić information content (AvgIpc) is 2.34. The highest BCUT2D eigenvalue weighted by molar-refractivity contribution is 7.51. The Bertz CT molecular complexity index is 523. The van der Waals surface area contributed by atoms with Gasteiger partial charge in [-0.05, 0) is 11.5 Å². The summed E-state index contributed by atoms with van der Waals surface area (Å²) in [4.78, 5) is 29.2. The molecule has 1 rings (SSSR count). The van der Waals surface area contributed by atoms with Crippen molar-refractivity contribution in [1.82, 2.24) is 0 Å². The minimum atomic E-state index is -4.12. The highest BCUT2D eigenvalue weighted by atomic mass is 31.2. The number of allylic oxidation sites excluding steroid dienone is 1. The van der Waals surface area contributed by atoms with E-state index in [4.69, 9.17) is 20.3 Å². The van der Waals surface area contributed by atoms with Crippen LogP contribution >= 0.6 is 7.60 Å². The van der Waals surface area contributed by atoms with Crippen LogP contribution < -0.4 is 5.73 Å². The first-order valence-corrected chi connectivity index (χ1v) is 7.80. The fourth-order valence-electron chi connectivity index (χ4n) is 1.61. The highest BCUT2D eigenvalue weighted by Crippen LogP contribution is 2.37. The van der Waals surface area contributed by atoms with Crippen LogP contribution in [-0.4, -0.2) is 21.9 Å². The molecule has 0 bridgehead atoms. The normalized spacial score (nSPS) is 13.8. The smallest absolute Gasteiger partial charge is 0.354 e. The third-order valence-electron chi connectivity index (χ3n) is 2.44. The Labute approximate surface area is 117 Å². The first kappa shape index (κ1) is 16.4. The number of carbonyl (C=O) groups excluding carboxylic acids is 1. The van der Waals surface area contributed by atoms with Gasteiger partial charge in [-0.15, -0.1) is 0 Å². The second-order valence-corrected chi connectivity index (χ2v) is 6.20. The van der Waals surface area contributed by atoms with E-state index in [1.54, 1.807) is 6.92 Å². The lowest BCUT2D eigenvalue weighted by atomic mass is 10.2. The molecule has 1 unspecified atom stereocenters. The molecule has 7 heteroatoms. The molecule has 6 nitrogen and oxygen atoms in total. The van der Waals surface area contributed by atoms with Gasteiger partial charge in [0, 0.05) is 0 Å². The zero-order valence-electron chi connectivity index (χ0n) is 11.1. The summed E-state index contributed by atoms with van der Waals surface area (Å²) in [5, 5.41) is 0. The van der Waals surface area contributed by atoms with Crippen molar-refractivity contribution in [2.45, 2.75) is 13.5 Å². The average molecular weight is 299 g/mol. The number of nitrogens with two attached hydrogens (primary N) is 1. The molecule has 0 heterocycles. The van der Waals surface area contributed by atoms with Crippen molar-refractivity contribution in [2.75, 3.05) is 6.16 Å². The monoisotopic (exact) mass is 299 g/mol. The van der Waals surface area contributed by atoms with Gasteiger partial charge in [-0.2, -0.15) is 0 Å². The number of rotatable bonds is 6. The summed E-state index contributed by atoms with van der Waals surface area (Å²) in [5.41, 5.74) is 6.21. The van der Waals surface area contributed by atoms with E-state index >= 15 is 0 Å². The molecule has 0 amide bonds. The fraction of sp³-hybridized carbons (Fsp3) is 0.308. The SMILES string of the molecule is CC(C=C(N)C(=O)OCc1ccccc1)CP(=O)(O)O. The van der Waals surface area contributed by atoms with Crippen molar-refractivity contribution in [3.63, 3.8) is 0 Å². The molecule has 0 saturated carbocycles. The predicted octanol–water partition coefficient (Wildman–Crippen LogP) is 1.39. The van der Waals surface area contributed by atoms with Crippen LogP contribution in [-0.2, 0) is 20.7 Å². The summed E-state index contributed by atoms with van der Waals surface area (Å²) in [6, 6.07) is 9.12. The van der Waals surface area contributed by atoms with Crippen LogP contribution in [0.4, 0.5) is 0 Å². The minimum absolute atomic E-state index is 0.0983. The third kappa shape index (κ3) is 6.52. The molecule has 0 aliphatic heterocycles. The van der Waals surface area contributed by atoms with Gasteiger partial charge in [0.25, 0.3) is 0 Å². The Balaban J connectivity index is 2.52. The van der Waals surface area contributed by atoms with Crippen LogP contribution in [0.2, 0.25) is 0 Å². The van der Waals surface area contributed by atoms with Crippen LogP contribution in [0.5, 0.6) is 0 Å². The molecule has 1 aromatic carbocycles. The number of carbonyl (C=O) groups is 1. The molecule has 1 atom stereocenters. The molecule has 0 aromatic heterocycles.